The van der Waals surface area contributed by atoms with Gasteiger partial charge in [0.2, 0.25) is 5.91 Å². The van der Waals surface area contributed by atoms with Gasteiger partial charge in [0.1, 0.15) is 16.9 Å². The molecule has 154 valence electrons. The largest absolute Gasteiger partial charge is 0.494 e. The molecule has 0 aliphatic heterocycles. The van der Waals surface area contributed by atoms with Crippen molar-refractivity contribution in [2.45, 2.75) is 19.0 Å². The van der Waals surface area contributed by atoms with Crippen molar-refractivity contribution in [3.63, 3.8) is 0 Å². The first kappa shape index (κ1) is 20.0. The van der Waals surface area contributed by atoms with Gasteiger partial charge < -0.3 is 10.1 Å². The number of ether oxygens (including phenoxy) is 1. The molecule has 0 aliphatic rings. The number of methoxy groups -OCH3 is 1. The zero-order chi connectivity index (χ0) is 21.4. The second-order valence-corrected chi connectivity index (χ2v) is 8.51. The number of non-ortho nitro benzene ring substituents is 1. The molecule has 0 radical (unpaired) electrons. The van der Waals surface area contributed by atoms with Crippen LogP contribution in [0.5, 0.6) is 5.75 Å². The van der Waals surface area contributed by atoms with Crippen LogP contribution in [0.3, 0.4) is 0 Å². The average molecular weight is 444 g/mol. The van der Waals surface area contributed by atoms with E-state index >= 15 is 0 Å². The number of benzene rings is 1. The fourth-order valence-corrected chi connectivity index (χ4v) is 4.63. The maximum absolute atomic E-state index is 12.4. The second kappa shape index (κ2) is 7.88. The van der Waals surface area contributed by atoms with Gasteiger partial charge in [-0.1, -0.05) is 11.8 Å². The Morgan fingerprint density at radius 1 is 1.37 bits per heavy atom. The monoisotopic (exact) mass is 444 g/mol. The van der Waals surface area contributed by atoms with Crippen LogP contribution in [-0.4, -0.2) is 43.3 Å². The van der Waals surface area contributed by atoms with Gasteiger partial charge >= 0.3 is 0 Å². The van der Waals surface area contributed by atoms with E-state index in [-0.39, 0.29) is 23.1 Å². The molecule has 0 fully saturated rings. The summed E-state index contributed by atoms with van der Waals surface area (Å²) in [7, 11) is 1.38. The number of hydrogen-bond acceptors (Lipinski definition) is 9. The van der Waals surface area contributed by atoms with Crippen molar-refractivity contribution in [1.82, 2.24) is 19.6 Å². The molecule has 0 aliphatic carbocycles. The first-order chi connectivity index (χ1) is 14.4. The minimum Gasteiger partial charge on any atom is -0.494 e. The molecule has 4 aromatic rings. The lowest BCUT2D eigenvalue weighted by molar-refractivity contribution is -0.384. The summed E-state index contributed by atoms with van der Waals surface area (Å²) in [5.74, 6) is -0.0217. The molecule has 0 unspecified atom stereocenters. The minimum absolute atomic E-state index is 0.0701. The molecule has 10 nitrogen and oxygen atoms in total. The molecule has 0 saturated carbocycles. The summed E-state index contributed by atoms with van der Waals surface area (Å²) < 4.78 is 6.91. The Kier molecular flexibility index (Phi) is 5.26. The third-order valence-corrected chi connectivity index (χ3v) is 6.61. The molecule has 0 saturated heterocycles. The highest BCUT2D eigenvalue weighted by Gasteiger charge is 2.17. The van der Waals surface area contributed by atoms with Gasteiger partial charge in [-0.15, -0.1) is 21.5 Å². The van der Waals surface area contributed by atoms with Crippen LogP contribution < -0.4 is 10.1 Å². The fraction of sp³-hybridized carbons (Fsp3) is 0.222. The van der Waals surface area contributed by atoms with Crippen molar-refractivity contribution < 1.29 is 14.5 Å². The predicted molar refractivity (Wildman–Crippen MR) is 115 cm³/mol. The van der Waals surface area contributed by atoms with E-state index in [9.17, 15) is 14.9 Å². The SMILES string of the molecule is COc1cc([N+](=O)[O-])ccc1NC(=O)CSc1nnc2c3c(C)c(C)sc3ncn12. The Hall–Kier alpha value is -3.25. The van der Waals surface area contributed by atoms with E-state index in [0.29, 0.717) is 16.5 Å². The third-order valence-electron chi connectivity index (χ3n) is 4.55. The Labute approximate surface area is 178 Å². The van der Waals surface area contributed by atoms with E-state index in [4.69, 9.17) is 4.74 Å². The number of hydrogen-bond donors (Lipinski definition) is 1. The lowest BCUT2D eigenvalue weighted by Crippen LogP contribution is -2.15. The highest BCUT2D eigenvalue weighted by Crippen LogP contribution is 2.32. The van der Waals surface area contributed by atoms with Crippen molar-refractivity contribution in [2.75, 3.05) is 18.2 Å². The zero-order valence-corrected chi connectivity index (χ0v) is 17.8. The number of nitro benzene ring substituents is 1. The van der Waals surface area contributed by atoms with E-state index in [2.05, 4.69) is 20.5 Å². The summed E-state index contributed by atoms with van der Waals surface area (Å²) in [5, 5.41) is 23.6. The smallest absolute Gasteiger partial charge is 0.273 e. The number of rotatable bonds is 6. The number of aryl methyl sites for hydroxylation is 2. The number of aromatic nitrogens is 4. The third kappa shape index (κ3) is 3.55. The van der Waals surface area contributed by atoms with E-state index < -0.39 is 4.92 Å². The molecule has 12 heteroatoms. The van der Waals surface area contributed by atoms with Gasteiger partial charge in [0, 0.05) is 10.9 Å². The number of nitrogens with zero attached hydrogens (tertiary/aromatic N) is 5. The van der Waals surface area contributed by atoms with Gasteiger partial charge in [0.05, 0.1) is 34.9 Å². The maximum Gasteiger partial charge on any atom is 0.273 e. The molecule has 1 aromatic carbocycles. The Morgan fingerprint density at radius 3 is 2.90 bits per heavy atom. The summed E-state index contributed by atoms with van der Waals surface area (Å²) >= 11 is 2.83. The maximum atomic E-state index is 12.4. The van der Waals surface area contributed by atoms with Crippen molar-refractivity contribution in [2.24, 2.45) is 0 Å². The second-order valence-electron chi connectivity index (χ2n) is 6.36. The molecule has 0 bridgehead atoms. The van der Waals surface area contributed by atoms with Crippen LogP contribution in [-0.2, 0) is 4.79 Å². The number of fused-ring (bicyclic) bond motifs is 3. The summed E-state index contributed by atoms with van der Waals surface area (Å²) in [6.07, 6.45) is 1.66. The first-order valence-corrected chi connectivity index (χ1v) is 10.5. The minimum atomic E-state index is -0.526. The van der Waals surface area contributed by atoms with Crippen LogP contribution in [0.4, 0.5) is 11.4 Å². The molecule has 0 atom stereocenters. The molecule has 1 N–H and O–H groups in total. The zero-order valence-electron chi connectivity index (χ0n) is 16.2. The molecule has 4 rings (SSSR count). The number of carbonyl (C=O) groups excluding carboxylic acids is 1. The summed E-state index contributed by atoms with van der Waals surface area (Å²) in [6.45, 7) is 4.07. The van der Waals surface area contributed by atoms with E-state index in [0.717, 1.165) is 15.8 Å². The summed E-state index contributed by atoms with van der Waals surface area (Å²) in [6, 6.07) is 4.00. The lowest BCUT2D eigenvalue weighted by atomic mass is 10.2. The van der Waals surface area contributed by atoms with Crippen LogP contribution in [0.2, 0.25) is 0 Å². The number of anilines is 1. The quantitative estimate of drug-likeness (QED) is 0.272. The Bertz CT molecular complexity index is 1300. The average Bonchev–Trinajstić information content (AvgIpc) is 3.26. The summed E-state index contributed by atoms with van der Waals surface area (Å²) in [5.41, 5.74) is 2.07. The van der Waals surface area contributed by atoms with E-state index in [1.807, 2.05) is 13.8 Å². The van der Waals surface area contributed by atoms with Gasteiger partial charge in [-0.2, -0.15) is 0 Å². The molecular weight excluding hydrogens is 428 g/mol. The topological polar surface area (TPSA) is 125 Å². The van der Waals surface area contributed by atoms with Gasteiger partial charge in [-0.3, -0.25) is 19.3 Å². The lowest BCUT2D eigenvalue weighted by Gasteiger charge is -2.09. The van der Waals surface area contributed by atoms with Crippen molar-refractivity contribution in [1.29, 1.82) is 0 Å². The highest BCUT2D eigenvalue weighted by atomic mass is 32.2. The highest BCUT2D eigenvalue weighted by molar-refractivity contribution is 7.99. The molecular formula is C18H16N6O4S2. The normalized spacial score (nSPS) is 11.2. The number of nitrogens with one attached hydrogen (secondary N) is 1. The van der Waals surface area contributed by atoms with Gasteiger partial charge in [-0.25, -0.2) is 4.98 Å². The fourth-order valence-electron chi connectivity index (χ4n) is 2.94. The van der Waals surface area contributed by atoms with E-state index in [1.165, 1.54) is 41.9 Å². The van der Waals surface area contributed by atoms with Crippen LogP contribution in [0, 0.1) is 24.0 Å². The molecule has 3 aromatic heterocycles. The van der Waals surface area contributed by atoms with Gasteiger partial charge in [-0.05, 0) is 25.5 Å². The number of nitro groups is 1. The number of amides is 1. The Balaban J connectivity index is 1.51. The first-order valence-electron chi connectivity index (χ1n) is 8.73. The number of thioether (sulfide) groups is 1. The van der Waals surface area contributed by atoms with Crippen molar-refractivity contribution >= 4 is 56.2 Å². The number of carbonyl (C=O) groups is 1. The van der Waals surface area contributed by atoms with E-state index in [1.54, 1.807) is 22.1 Å². The molecule has 30 heavy (non-hydrogen) atoms. The predicted octanol–water partition coefficient (Wildman–Crippen LogP) is 3.60. The standard InChI is InChI=1S/C18H16N6O4S2/c1-9-10(2)30-17-15(9)16-21-22-18(23(16)8-19-17)29-7-14(25)20-12-5-4-11(24(26)27)6-13(12)28-3/h4-6,8H,7H2,1-3H3,(H,20,25). The van der Waals surface area contributed by atoms with Crippen LogP contribution in [0.1, 0.15) is 10.4 Å². The van der Waals surface area contributed by atoms with Gasteiger partial charge in [0.15, 0.2) is 10.8 Å². The van der Waals surface area contributed by atoms with Crippen LogP contribution >= 0.6 is 23.1 Å². The molecule has 3 heterocycles. The summed E-state index contributed by atoms with van der Waals surface area (Å²) in [4.78, 5) is 29.3. The Morgan fingerprint density at radius 2 is 2.17 bits per heavy atom. The van der Waals surface area contributed by atoms with Crippen LogP contribution in [0.25, 0.3) is 15.9 Å². The number of thiophene rings is 1. The van der Waals surface area contributed by atoms with Crippen molar-refractivity contribution in [3.8, 4) is 5.75 Å². The van der Waals surface area contributed by atoms with Crippen LogP contribution in [0.15, 0.2) is 29.7 Å². The molecule has 0 spiro atoms. The molecule has 1 amide bonds. The van der Waals surface area contributed by atoms with Crippen molar-refractivity contribution in [3.05, 3.63) is 45.1 Å². The van der Waals surface area contributed by atoms with Gasteiger partial charge in [0.25, 0.3) is 5.69 Å².